The molecular weight excluding hydrogens is 256 g/mol. The lowest BCUT2D eigenvalue weighted by molar-refractivity contribution is 0.0256. The number of sulfonamides is 1. The molecule has 1 heterocycles. The van der Waals surface area contributed by atoms with E-state index in [1.54, 1.807) is 20.8 Å². The zero-order valence-corrected chi connectivity index (χ0v) is 11.7. The third-order valence-electron chi connectivity index (χ3n) is 2.42. The van der Waals surface area contributed by atoms with Crippen LogP contribution in [0.15, 0.2) is 11.5 Å². The molecular formula is C11H20N2O4S. The Morgan fingerprint density at radius 1 is 1.44 bits per heavy atom. The van der Waals surface area contributed by atoms with Gasteiger partial charge in [-0.1, -0.05) is 0 Å². The summed E-state index contributed by atoms with van der Waals surface area (Å²) in [5, 5.41) is 5.82. The van der Waals surface area contributed by atoms with E-state index in [1.807, 2.05) is 0 Å². The normalized spacial score (nSPS) is 21.6. The molecule has 18 heavy (non-hydrogen) atoms. The quantitative estimate of drug-likeness (QED) is 0.820. The predicted octanol–water partition coefficient (Wildman–Crippen LogP) is 1.19. The van der Waals surface area contributed by atoms with E-state index < -0.39 is 21.7 Å². The monoisotopic (exact) mass is 276 g/mol. The first kappa shape index (κ1) is 15.0. The maximum absolute atomic E-state index is 11.9. The van der Waals surface area contributed by atoms with Crippen LogP contribution in [0.4, 0.5) is 4.79 Å². The van der Waals surface area contributed by atoms with E-state index in [0.29, 0.717) is 13.0 Å². The SMILES string of the molecule is CC(C)(C)OC(=O)N1CCCC1/C=C/S(N)(=O)=O. The standard InChI is InChI=1S/C11H20N2O4S/c1-11(2,3)17-10(14)13-7-4-5-9(13)6-8-18(12,15)16/h6,8-9H,4-5,7H2,1-3H3,(H2,12,15,16)/b8-6+. The Balaban J connectivity index is 2.71. The summed E-state index contributed by atoms with van der Waals surface area (Å²) in [6, 6.07) is -0.266. The number of nitrogens with two attached hydrogens (primary N) is 1. The van der Waals surface area contributed by atoms with Crippen LogP contribution in [0.2, 0.25) is 0 Å². The van der Waals surface area contributed by atoms with Gasteiger partial charge >= 0.3 is 6.09 Å². The van der Waals surface area contributed by atoms with Gasteiger partial charge in [-0.3, -0.25) is 0 Å². The van der Waals surface area contributed by atoms with Crippen molar-refractivity contribution in [3.05, 3.63) is 11.5 Å². The number of rotatable bonds is 2. The molecule has 1 rings (SSSR count). The van der Waals surface area contributed by atoms with Crippen molar-refractivity contribution >= 4 is 16.1 Å². The number of primary sulfonamides is 1. The molecule has 2 N–H and O–H groups in total. The fourth-order valence-corrected chi connectivity index (χ4v) is 2.14. The van der Waals surface area contributed by atoms with Crippen molar-refractivity contribution in [2.75, 3.05) is 6.54 Å². The largest absolute Gasteiger partial charge is 0.444 e. The van der Waals surface area contributed by atoms with Crippen molar-refractivity contribution in [2.24, 2.45) is 5.14 Å². The van der Waals surface area contributed by atoms with Gasteiger partial charge in [0.05, 0.1) is 6.04 Å². The first-order valence-electron chi connectivity index (χ1n) is 5.79. The average Bonchev–Trinajstić information content (AvgIpc) is 2.58. The van der Waals surface area contributed by atoms with Crippen molar-refractivity contribution in [2.45, 2.75) is 45.3 Å². The zero-order chi connectivity index (χ0) is 14.0. The van der Waals surface area contributed by atoms with E-state index >= 15 is 0 Å². The second-order valence-corrected chi connectivity index (χ2v) is 6.75. The minimum atomic E-state index is -3.66. The van der Waals surface area contributed by atoms with Crippen LogP contribution >= 0.6 is 0 Å². The summed E-state index contributed by atoms with van der Waals surface area (Å²) in [5.74, 6) is 0. The second kappa shape index (κ2) is 5.27. The summed E-state index contributed by atoms with van der Waals surface area (Å²) >= 11 is 0. The van der Waals surface area contributed by atoms with E-state index in [2.05, 4.69) is 0 Å². The van der Waals surface area contributed by atoms with Crippen molar-refractivity contribution < 1.29 is 17.9 Å². The second-order valence-electron chi connectivity index (χ2n) is 5.30. The Bertz CT molecular complexity index is 436. The first-order chi connectivity index (χ1) is 8.08. The van der Waals surface area contributed by atoms with Crippen LogP contribution in [-0.4, -0.2) is 37.6 Å². The highest BCUT2D eigenvalue weighted by Crippen LogP contribution is 2.21. The maximum Gasteiger partial charge on any atom is 0.410 e. The molecule has 0 bridgehead atoms. The summed E-state index contributed by atoms with van der Waals surface area (Å²) in [5.41, 5.74) is -0.562. The summed E-state index contributed by atoms with van der Waals surface area (Å²) in [7, 11) is -3.66. The van der Waals surface area contributed by atoms with Gasteiger partial charge in [-0.15, -0.1) is 0 Å². The number of likely N-dealkylation sites (tertiary alicyclic amines) is 1. The number of hydrogen-bond donors (Lipinski definition) is 1. The molecule has 0 spiro atoms. The molecule has 0 aromatic rings. The van der Waals surface area contributed by atoms with Crippen LogP contribution in [0, 0.1) is 0 Å². The smallest absolute Gasteiger partial charge is 0.410 e. The van der Waals surface area contributed by atoms with E-state index in [9.17, 15) is 13.2 Å². The maximum atomic E-state index is 11.9. The van der Waals surface area contributed by atoms with Gasteiger partial charge in [0.15, 0.2) is 0 Å². The number of amides is 1. The molecule has 0 aliphatic carbocycles. The van der Waals surface area contributed by atoms with E-state index in [1.165, 1.54) is 11.0 Å². The summed E-state index contributed by atoms with van der Waals surface area (Å²) in [6.45, 7) is 5.93. The molecule has 1 aliphatic heterocycles. The molecule has 0 radical (unpaired) electrons. The van der Waals surface area contributed by atoms with Crippen LogP contribution < -0.4 is 5.14 Å². The molecule has 104 valence electrons. The Labute approximate surface area is 108 Å². The van der Waals surface area contributed by atoms with Crippen LogP contribution in [0.3, 0.4) is 0 Å². The highest BCUT2D eigenvalue weighted by Gasteiger charge is 2.30. The molecule has 0 aromatic heterocycles. The fraction of sp³-hybridized carbons (Fsp3) is 0.727. The Morgan fingerprint density at radius 2 is 2.06 bits per heavy atom. The average molecular weight is 276 g/mol. The van der Waals surface area contributed by atoms with Gasteiger partial charge in [0, 0.05) is 12.0 Å². The molecule has 1 aliphatic rings. The van der Waals surface area contributed by atoms with Gasteiger partial charge in [-0.2, -0.15) is 0 Å². The number of nitrogens with zero attached hydrogens (tertiary/aromatic N) is 1. The van der Waals surface area contributed by atoms with Gasteiger partial charge in [-0.05, 0) is 39.7 Å². The van der Waals surface area contributed by atoms with E-state index in [-0.39, 0.29) is 6.04 Å². The highest BCUT2D eigenvalue weighted by molar-refractivity contribution is 7.92. The Kier molecular flexibility index (Phi) is 4.39. The third kappa shape index (κ3) is 5.05. The van der Waals surface area contributed by atoms with Crippen LogP contribution in [0.1, 0.15) is 33.6 Å². The van der Waals surface area contributed by atoms with E-state index in [4.69, 9.17) is 9.88 Å². The van der Waals surface area contributed by atoms with Crippen LogP contribution in [0.25, 0.3) is 0 Å². The van der Waals surface area contributed by atoms with Gasteiger partial charge in [-0.25, -0.2) is 18.4 Å². The van der Waals surface area contributed by atoms with Crippen molar-refractivity contribution in [3.63, 3.8) is 0 Å². The fourth-order valence-electron chi connectivity index (χ4n) is 1.74. The lowest BCUT2D eigenvalue weighted by Crippen LogP contribution is -2.39. The summed E-state index contributed by atoms with van der Waals surface area (Å²) in [6.07, 6.45) is 2.54. The summed E-state index contributed by atoms with van der Waals surface area (Å²) < 4.78 is 27.0. The molecule has 1 amide bonds. The van der Waals surface area contributed by atoms with Crippen molar-refractivity contribution in [1.82, 2.24) is 4.90 Å². The number of ether oxygens (including phenoxy) is 1. The summed E-state index contributed by atoms with van der Waals surface area (Å²) in [4.78, 5) is 13.4. The Hall–Kier alpha value is -1.08. The lowest BCUT2D eigenvalue weighted by Gasteiger charge is -2.27. The lowest BCUT2D eigenvalue weighted by atomic mass is 10.2. The number of carbonyl (C=O) groups excluding carboxylic acids is 1. The Morgan fingerprint density at radius 3 is 2.56 bits per heavy atom. The first-order valence-corrected chi connectivity index (χ1v) is 7.40. The zero-order valence-electron chi connectivity index (χ0n) is 10.9. The van der Waals surface area contributed by atoms with Gasteiger partial charge in [0.2, 0.25) is 10.0 Å². The van der Waals surface area contributed by atoms with Crippen LogP contribution in [-0.2, 0) is 14.8 Å². The third-order valence-corrected chi connectivity index (χ3v) is 2.95. The van der Waals surface area contributed by atoms with Crippen molar-refractivity contribution in [3.8, 4) is 0 Å². The molecule has 1 saturated heterocycles. The van der Waals surface area contributed by atoms with E-state index in [0.717, 1.165) is 11.8 Å². The minimum absolute atomic E-state index is 0.266. The molecule has 0 saturated carbocycles. The van der Waals surface area contributed by atoms with Gasteiger partial charge < -0.3 is 9.64 Å². The molecule has 1 atom stereocenters. The minimum Gasteiger partial charge on any atom is -0.444 e. The van der Waals surface area contributed by atoms with Gasteiger partial charge in [0.1, 0.15) is 5.60 Å². The number of carbonyl (C=O) groups is 1. The molecule has 7 heteroatoms. The topological polar surface area (TPSA) is 89.7 Å². The predicted molar refractivity (Wildman–Crippen MR) is 68.2 cm³/mol. The van der Waals surface area contributed by atoms with Gasteiger partial charge in [0.25, 0.3) is 0 Å². The van der Waals surface area contributed by atoms with Crippen LogP contribution in [0.5, 0.6) is 0 Å². The molecule has 6 nitrogen and oxygen atoms in total. The molecule has 0 aromatic carbocycles. The number of hydrogen-bond acceptors (Lipinski definition) is 4. The highest BCUT2D eigenvalue weighted by atomic mass is 32.2. The van der Waals surface area contributed by atoms with Crippen molar-refractivity contribution in [1.29, 1.82) is 0 Å². The molecule has 1 unspecified atom stereocenters. The molecule has 1 fully saturated rings.